The molecule has 1 saturated heterocycles. The molecule has 0 radical (unpaired) electrons. The Balaban J connectivity index is 1.83. The van der Waals surface area contributed by atoms with E-state index < -0.39 is 0 Å². The molecular weight excluding hydrogens is 266 g/mol. The third-order valence-electron chi connectivity index (χ3n) is 3.03. The van der Waals surface area contributed by atoms with Gasteiger partial charge in [-0.2, -0.15) is 0 Å². The van der Waals surface area contributed by atoms with E-state index in [4.69, 9.17) is 25.8 Å². The maximum atomic E-state index is 5.97. The van der Waals surface area contributed by atoms with Gasteiger partial charge in [-0.15, -0.1) is 0 Å². The van der Waals surface area contributed by atoms with Crippen LogP contribution in [0, 0.1) is 0 Å². The van der Waals surface area contributed by atoms with Gasteiger partial charge in [-0.05, 0) is 25.1 Å². The molecule has 1 heterocycles. The second-order valence-electron chi connectivity index (χ2n) is 4.70. The van der Waals surface area contributed by atoms with Gasteiger partial charge in [0.2, 0.25) is 0 Å². The van der Waals surface area contributed by atoms with Crippen LogP contribution in [0.15, 0.2) is 18.2 Å². The summed E-state index contributed by atoms with van der Waals surface area (Å²) in [5, 5.41) is 4.00. The maximum absolute atomic E-state index is 5.97. The van der Waals surface area contributed by atoms with Crippen molar-refractivity contribution < 1.29 is 14.2 Å². The molecule has 2 unspecified atom stereocenters. The van der Waals surface area contributed by atoms with E-state index in [1.807, 2.05) is 12.1 Å². The molecule has 4 nitrogen and oxygen atoms in total. The van der Waals surface area contributed by atoms with E-state index in [1.165, 1.54) is 0 Å². The highest BCUT2D eigenvalue weighted by Crippen LogP contribution is 2.23. The first-order valence-electron chi connectivity index (χ1n) is 6.45. The molecule has 2 atom stereocenters. The molecule has 1 aliphatic rings. The summed E-state index contributed by atoms with van der Waals surface area (Å²) in [6.45, 7) is 4.82. The number of halogens is 1. The van der Waals surface area contributed by atoms with E-state index in [1.54, 1.807) is 13.2 Å². The minimum Gasteiger partial charge on any atom is -0.496 e. The highest BCUT2D eigenvalue weighted by Gasteiger charge is 2.18. The molecule has 5 heteroatoms. The predicted octanol–water partition coefficient (Wildman–Crippen LogP) is 2.24. The standard InChI is InChI=1S/C14H20ClNO3/c1-10-6-16-7-13(19-10)9-18-8-11-5-12(15)3-4-14(11)17-2/h3-5,10,13,16H,6-9H2,1-2H3. The second kappa shape index (κ2) is 7.10. The molecular formula is C14H20ClNO3. The minimum atomic E-state index is 0.105. The number of nitrogens with one attached hydrogen (secondary N) is 1. The molecule has 1 aromatic carbocycles. The Labute approximate surface area is 119 Å². The normalized spacial score (nSPS) is 23.3. The van der Waals surface area contributed by atoms with Crippen molar-refractivity contribution in [3.63, 3.8) is 0 Å². The van der Waals surface area contributed by atoms with Crippen LogP contribution in [0.5, 0.6) is 5.75 Å². The van der Waals surface area contributed by atoms with Crippen molar-refractivity contribution in [3.8, 4) is 5.75 Å². The van der Waals surface area contributed by atoms with Crippen molar-refractivity contribution in [2.75, 3.05) is 26.8 Å². The van der Waals surface area contributed by atoms with Crippen molar-refractivity contribution in [2.45, 2.75) is 25.7 Å². The summed E-state index contributed by atoms with van der Waals surface area (Å²) in [4.78, 5) is 0. The largest absolute Gasteiger partial charge is 0.496 e. The molecule has 1 fully saturated rings. The molecule has 0 saturated carbocycles. The van der Waals surface area contributed by atoms with Crippen molar-refractivity contribution in [1.82, 2.24) is 5.32 Å². The lowest BCUT2D eigenvalue weighted by Crippen LogP contribution is -2.45. The van der Waals surface area contributed by atoms with E-state index in [9.17, 15) is 0 Å². The number of morpholine rings is 1. The topological polar surface area (TPSA) is 39.7 Å². The number of hydrogen-bond acceptors (Lipinski definition) is 4. The fraction of sp³-hybridized carbons (Fsp3) is 0.571. The maximum Gasteiger partial charge on any atom is 0.124 e. The zero-order valence-corrected chi connectivity index (χ0v) is 12.1. The van der Waals surface area contributed by atoms with Crippen molar-refractivity contribution >= 4 is 11.6 Å². The Hall–Kier alpha value is -0.810. The van der Waals surface area contributed by atoms with Gasteiger partial charge >= 0.3 is 0 Å². The zero-order valence-electron chi connectivity index (χ0n) is 11.3. The van der Waals surface area contributed by atoms with Gasteiger partial charge in [-0.1, -0.05) is 11.6 Å². The zero-order chi connectivity index (χ0) is 13.7. The van der Waals surface area contributed by atoms with Crippen LogP contribution in [0.4, 0.5) is 0 Å². The summed E-state index contributed by atoms with van der Waals surface area (Å²) in [6.07, 6.45) is 0.344. The summed E-state index contributed by atoms with van der Waals surface area (Å²) >= 11 is 5.97. The molecule has 0 spiro atoms. The number of methoxy groups -OCH3 is 1. The summed E-state index contributed by atoms with van der Waals surface area (Å²) < 4.78 is 16.7. The molecule has 1 aliphatic heterocycles. The molecule has 0 amide bonds. The summed E-state index contributed by atoms with van der Waals surface area (Å²) in [6, 6.07) is 5.52. The van der Waals surface area contributed by atoms with Crippen molar-refractivity contribution in [1.29, 1.82) is 0 Å². The van der Waals surface area contributed by atoms with Crippen LogP contribution in [0.1, 0.15) is 12.5 Å². The molecule has 1 N–H and O–H groups in total. The van der Waals surface area contributed by atoms with Gasteiger partial charge in [0.25, 0.3) is 0 Å². The monoisotopic (exact) mass is 285 g/mol. The Morgan fingerprint density at radius 1 is 1.42 bits per heavy atom. The van der Waals surface area contributed by atoms with Gasteiger partial charge in [-0.25, -0.2) is 0 Å². The van der Waals surface area contributed by atoms with Gasteiger partial charge in [0.05, 0.1) is 32.5 Å². The lowest BCUT2D eigenvalue weighted by Gasteiger charge is -2.28. The predicted molar refractivity (Wildman–Crippen MR) is 74.9 cm³/mol. The highest BCUT2D eigenvalue weighted by atomic mass is 35.5. The van der Waals surface area contributed by atoms with Crippen LogP contribution < -0.4 is 10.1 Å². The number of rotatable bonds is 5. The van der Waals surface area contributed by atoms with Gasteiger partial charge in [0, 0.05) is 23.7 Å². The number of hydrogen-bond donors (Lipinski definition) is 1. The fourth-order valence-corrected chi connectivity index (χ4v) is 2.33. The highest BCUT2D eigenvalue weighted by molar-refractivity contribution is 6.30. The quantitative estimate of drug-likeness (QED) is 0.901. The van der Waals surface area contributed by atoms with Crippen LogP contribution in [0.2, 0.25) is 5.02 Å². The lowest BCUT2D eigenvalue weighted by atomic mass is 10.2. The summed E-state index contributed by atoms with van der Waals surface area (Å²) in [5.74, 6) is 0.792. The van der Waals surface area contributed by atoms with Crippen molar-refractivity contribution in [2.24, 2.45) is 0 Å². The van der Waals surface area contributed by atoms with Gasteiger partial charge in [0.15, 0.2) is 0 Å². The van der Waals surface area contributed by atoms with Crippen molar-refractivity contribution in [3.05, 3.63) is 28.8 Å². The van der Waals surface area contributed by atoms with Crippen LogP contribution in [-0.2, 0) is 16.1 Å². The SMILES string of the molecule is COc1ccc(Cl)cc1COCC1CNCC(C)O1. The van der Waals surface area contributed by atoms with Crippen LogP contribution in [0.25, 0.3) is 0 Å². The Morgan fingerprint density at radius 2 is 2.26 bits per heavy atom. The van der Waals surface area contributed by atoms with E-state index in [-0.39, 0.29) is 12.2 Å². The molecule has 0 aliphatic carbocycles. The first kappa shape index (κ1) is 14.6. The van der Waals surface area contributed by atoms with Gasteiger partial charge in [-0.3, -0.25) is 0 Å². The first-order valence-corrected chi connectivity index (χ1v) is 6.83. The average molecular weight is 286 g/mol. The molecule has 1 aromatic rings. The average Bonchev–Trinajstić information content (AvgIpc) is 2.39. The van der Waals surface area contributed by atoms with Crippen LogP contribution in [-0.4, -0.2) is 39.0 Å². The lowest BCUT2D eigenvalue weighted by molar-refractivity contribution is -0.0717. The Bertz CT molecular complexity index is 414. The molecule has 0 bridgehead atoms. The third kappa shape index (κ3) is 4.35. The van der Waals surface area contributed by atoms with E-state index in [2.05, 4.69) is 12.2 Å². The summed E-state index contributed by atoms with van der Waals surface area (Å²) in [7, 11) is 1.64. The Morgan fingerprint density at radius 3 is 3.00 bits per heavy atom. The van der Waals surface area contributed by atoms with Gasteiger partial charge < -0.3 is 19.5 Å². The number of ether oxygens (including phenoxy) is 3. The van der Waals surface area contributed by atoms with E-state index >= 15 is 0 Å². The van der Waals surface area contributed by atoms with Crippen LogP contribution in [0.3, 0.4) is 0 Å². The smallest absolute Gasteiger partial charge is 0.124 e. The third-order valence-corrected chi connectivity index (χ3v) is 3.27. The van der Waals surface area contributed by atoms with E-state index in [0.29, 0.717) is 18.2 Å². The fourth-order valence-electron chi connectivity index (χ4n) is 2.13. The van der Waals surface area contributed by atoms with Gasteiger partial charge in [0.1, 0.15) is 5.75 Å². The Kier molecular flexibility index (Phi) is 5.45. The van der Waals surface area contributed by atoms with Crippen LogP contribution >= 0.6 is 11.6 Å². The summed E-state index contributed by atoms with van der Waals surface area (Å²) in [5.41, 5.74) is 0.951. The molecule has 106 valence electrons. The molecule has 2 rings (SSSR count). The minimum absolute atomic E-state index is 0.105. The second-order valence-corrected chi connectivity index (χ2v) is 5.13. The molecule has 19 heavy (non-hydrogen) atoms. The number of benzene rings is 1. The first-order chi connectivity index (χ1) is 9.19. The molecule has 0 aromatic heterocycles. The van der Waals surface area contributed by atoms with E-state index in [0.717, 1.165) is 24.4 Å².